The molecule has 0 fully saturated rings. The van der Waals surface area contributed by atoms with Crippen molar-refractivity contribution in [2.75, 3.05) is 0 Å². The van der Waals surface area contributed by atoms with Gasteiger partial charge in [0.1, 0.15) is 0 Å². The van der Waals surface area contributed by atoms with E-state index < -0.39 is 7.38 Å². The standard InChI is InChI=1S/C72H51ClSi/c73-74(67-49-61(52-28-10-1-11-29-52)46-64(55-34-16-4-17-35-55)70(67)58-40-22-7-23-41-58,68-50-62(53-30-12-2-13-31-53)47-65(56-36-18-5-19-37-56)71(68)59-42-24-8-25-43-59)69-51-63(54-32-14-3-15-33-54)48-66(57-38-20-6-21-39-57)72(69)60-44-26-9-27-45-60/h1-51H. The Morgan fingerprint density at radius 2 is 0.351 bits per heavy atom. The molecule has 0 aliphatic rings. The van der Waals surface area contributed by atoms with Gasteiger partial charge in [-0.05, 0) is 134 Å². The molecule has 2 heteroatoms. The van der Waals surface area contributed by atoms with Crippen LogP contribution in [0.4, 0.5) is 0 Å². The summed E-state index contributed by atoms with van der Waals surface area (Å²) >= 11 is 9.88. The number of rotatable bonds is 12. The summed E-state index contributed by atoms with van der Waals surface area (Å²) in [5.74, 6) is 0. The van der Waals surface area contributed by atoms with Gasteiger partial charge >= 0.3 is 0 Å². The van der Waals surface area contributed by atoms with Crippen LogP contribution in [0, 0.1) is 0 Å². The van der Waals surface area contributed by atoms with Crippen molar-refractivity contribution in [1.82, 2.24) is 0 Å². The predicted octanol–water partition coefficient (Wildman–Crippen LogP) is 17.9. The summed E-state index contributed by atoms with van der Waals surface area (Å²) < 4.78 is 0. The monoisotopic (exact) mass is 978 g/mol. The van der Waals surface area contributed by atoms with Crippen molar-refractivity contribution in [1.29, 1.82) is 0 Å². The van der Waals surface area contributed by atoms with E-state index in [0.717, 1.165) is 116 Å². The van der Waals surface area contributed by atoms with Crippen molar-refractivity contribution in [3.8, 4) is 100 Å². The molecule has 0 aliphatic carbocycles. The minimum Gasteiger partial charge on any atom is -0.149 e. The molecular formula is C72H51ClSi. The molecule has 0 aliphatic heterocycles. The van der Waals surface area contributed by atoms with Gasteiger partial charge in [0.25, 0.3) is 0 Å². The highest BCUT2D eigenvalue weighted by atomic mass is 35.6. The summed E-state index contributed by atoms with van der Waals surface area (Å²) in [5.41, 5.74) is 20.1. The molecule has 74 heavy (non-hydrogen) atoms. The molecule has 0 nitrogen and oxygen atoms in total. The van der Waals surface area contributed by atoms with Crippen LogP contribution in [0.1, 0.15) is 0 Å². The zero-order valence-electron chi connectivity index (χ0n) is 40.8. The molecule has 0 amide bonds. The molecule has 12 rings (SSSR count). The fraction of sp³-hybridized carbons (Fsp3) is 0. The van der Waals surface area contributed by atoms with E-state index in [4.69, 9.17) is 0 Å². The van der Waals surface area contributed by atoms with Crippen LogP contribution in [0.3, 0.4) is 0 Å². The first-order chi connectivity index (χ1) is 36.6. The first-order valence-electron chi connectivity index (χ1n) is 25.3. The van der Waals surface area contributed by atoms with Crippen molar-refractivity contribution in [3.63, 3.8) is 0 Å². The van der Waals surface area contributed by atoms with Crippen LogP contribution in [-0.2, 0) is 0 Å². The first-order valence-corrected chi connectivity index (χ1v) is 28.4. The minimum atomic E-state index is -4.07. The van der Waals surface area contributed by atoms with Gasteiger partial charge in [-0.25, -0.2) is 0 Å². The molecule has 0 saturated carbocycles. The van der Waals surface area contributed by atoms with E-state index in [9.17, 15) is 11.1 Å². The summed E-state index contributed by atoms with van der Waals surface area (Å²) in [6.45, 7) is 0. The van der Waals surface area contributed by atoms with Gasteiger partial charge in [0.05, 0.1) is 0 Å². The van der Waals surface area contributed by atoms with Crippen molar-refractivity contribution in [3.05, 3.63) is 309 Å². The topological polar surface area (TPSA) is 0 Å². The highest BCUT2D eigenvalue weighted by Gasteiger charge is 2.46. The molecule has 0 unspecified atom stereocenters. The quantitative estimate of drug-likeness (QED) is 0.0650. The van der Waals surface area contributed by atoms with Gasteiger partial charge in [-0.2, -0.15) is 0 Å². The molecule has 350 valence electrons. The molecular weight excluding hydrogens is 928 g/mol. The maximum Gasteiger partial charge on any atom is 0.249 e. The summed E-state index contributed by atoms with van der Waals surface area (Å²) in [6.07, 6.45) is 0. The second-order valence-corrected chi connectivity index (χ2v) is 23.4. The maximum atomic E-state index is 9.88. The molecule has 0 aromatic heterocycles. The number of benzene rings is 12. The molecule has 0 saturated heterocycles. The van der Waals surface area contributed by atoms with Crippen molar-refractivity contribution < 1.29 is 0 Å². The van der Waals surface area contributed by atoms with E-state index in [1.165, 1.54) is 0 Å². The Morgan fingerprint density at radius 3 is 0.554 bits per heavy atom. The number of hydrogen-bond donors (Lipinski definition) is 0. The summed E-state index contributed by atoms with van der Waals surface area (Å²) in [7, 11) is -4.07. The second kappa shape index (κ2) is 20.7. The van der Waals surface area contributed by atoms with Crippen LogP contribution in [0.25, 0.3) is 100 Å². The Kier molecular flexibility index (Phi) is 12.9. The van der Waals surface area contributed by atoms with Crippen LogP contribution < -0.4 is 15.6 Å². The molecule has 0 N–H and O–H groups in total. The Labute approximate surface area is 440 Å². The van der Waals surface area contributed by atoms with Crippen molar-refractivity contribution in [2.24, 2.45) is 0 Å². The SMILES string of the molecule is Cl[Si](c1cc(-c2ccccc2)cc(-c2ccccc2)c1-c1ccccc1)(c1cc(-c2ccccc2)cc(-c2ccccc2)c1-c1ccccc1)c1cc(-c2ccccc2)cc(-c2ccccc2)c1-c1ccccc1. The highest BCUT2D eigenvalue weighted by Crippen LogP contribution is 2.44. The van der Waals surface area contributed by atoms with E-state index in [1.54, 1.807) is 0 Å². The average Bonchev–Trinajstić information content (AvgIpc) is 3.51. The van der Waals surface area contributed by atoms with Crippen LogP contribution in [0.15, 0.2) is 309 Å². The van der Waals surface area contributed by atoms with Gasteiger partial charge in [-0.3, -0.25) is 0 Å². The molecule has 0 radical (unpaired) electrons. The average molecular weight is 980 g/mol. The fourth-order valence-electron chi connectivity index (χ4n) is 10.9. The zero-order chi connectivity index (χ0) is 49.7. The third kappa shape index (κ3) is 8.94. The molecule has 0 atom stereocenters. The van der Waals surface area contributed by atoms with E-state index in [2.05, 4.69) is 309 Å². The third-order valence-corrected chi connectivity index (χ3v) is 19.5. The lowest BCUT2D eigenvalue weighted by molar-refractivity contribution is 1.56. The van der Waals surface area contributed by atoms with Gasteiger partial charge in [-0.1, -0.05) is 291 Å². The molecule has 12 aromatic carbocycles. The first kappa shape index (κ1) is 46.2. The van der Waals surface area contributed by atoms with Crippen molar-refractivity contribution >= 4 is 34.0 Å². The van der Waals surface area contributed by atoms with Crippen molar-refractivity contribution in [2.45, 2.75) is 0 Å². The Hall–Kier alpha value is -8.85. The minimum absolute atomic E-state index is 1.10. The van der Waals surface area contributed by atoms with Crippen LogP contribution >= 0.6 is 11.1 Å². The smallest absolute Gasteiger partial charge is 0.149 e. The maximum absolute atomic E-state index is 9.88. The van der Waals surface area contributed by atoms with Gasteiger partial charge in [0, 0.05) is 0 Å². The lowest BCUT2D eigenvalue weighted by Gasteiger charge is -2.36. The van der Waals surface area contributed by atoms with E-state index in [0.29, 0.717) is 0 Å². The Bertz CT molecular complexity index is 3420. The van der Waals surface area contributed by atoms with Gasteiger partial charge < -0.3 is 0 Å². The zero-order valence-corrected chi connectivity index (χ0v) is 42.6. The lowest BCUT2D eigenvalue weighted by atomic mass is 9.90. The molecule has 12 aromatic rings. The Morgan fingerprint density at radius 1 is 0.176 bits per heavy atom. The Balaban J connectivity index is 1.37. The van der Waals surface area contributed by atoms with Crippen LogP contribution in [0.5, 0.6) is 0 Å². The summed E-state index contributed by atoms with van der Waals surface area (Å²) in [4.78, 5) is 0. The molecule has 0 heterocycles. The highest BCUT2D eigenvalue weighted by molar-refractivity contribution is 7.41. The molecule has 0 spiro atoms. The van der Waals surface area contributed by atoms with Crippen LogP contribution in [-0.4, -0.2) is 7.38 Å². The second-order valence-electron chi connectivity index (χ2n) is 18.8. The van der Waals surface area contributed by atoms with Gasteiger partial charge in [0.15, 0.2) is 0 Å². The van der Waals surface area contributed by atoms with Crippen LogP contribution in [0.2, 0.25) is 0 Å². The van der Waals surface area contributed by atoms with E-state index >= 15 is 0 Å². The normalized spacial score (nSPS) is 11.3. The third-order valence-electron chi connectivity index (χ3n) is 14.3. The molecule has 0 bridgehead atoms. The fourth-order valence-corrected chi connectivity index (χ4v) is 16.0. The van der Waals surface area contributed by atoms with E-state index in [-0.39, 0.29) is 0 Å². The van der Waals surface area contributed by atoms with E-state index in [1.807, 2.05) is 0 Å². The summed E-state index contributed by atoms with van der Waals surface area (Å²) in [5, 5.41) is 3.31. The lowest BCUT2D eigenvalue weighted by Crippen LogP contribution is -2.65. The van der Waals surface area contributed by atoms with Gasteiger partial charge in [0.2, 0.25) is 7.38 Å². The van der Waals surface area contributed by atoms with Gasteiger partial charge in [-0.15, -0.1) is 11.1 Å². The summed E-state index contributed by atoms with van der Waals surface area (Å²) in [6, 6.07) is 113. The number of halogens is 1. The largest absolute Gasteiger partial charge is 0.249 e. The number of hydrogen-bond acceptors (Lipinski definition) is 0. The predicted molar refractivity (Wildman–Crippen MR) is 319 cm³/mol.